The molecule has 0 aromatic carbocycles. The maximum atomic E-state index is 6.34. The summed E-state index contributed by atoms with van der Waals surface area (Å²) >= 11 is 8.54. The van der Waals surface area contributed by atoms with Gasteiger partial charge >= 0.3 is 0 Å². The molecule has 0 aliphatic carbocycles. The van der Waals surface area contributed by atoms with Gasteiger partial charge in [0.1, 0.15) is 5.03 Å². The Hall–Kier alpha value is -0.900. The monoisotopic (exact) mass is 419 g/mol. The van der Waals surface area contributed by atoms with E-state index in [4.69, 9.17) is 16.3 Å². The van der Waals surface area contributed by atoms with Crippen molar-refractivity contribution in [3.8, 4) is 0 Å². The van der Waals surface area contributed by atoms with Crippen LogP contribution in [-0.4, -0.2) is 48.3 Å². The first-order chi connectivity index (χ1) is 10.2. The maximum Gasteiger partial charge on any atom is 0.179 e. The Morgan fingerprint density at radius 3 is 2.76 bits per heavy atom. The second-order valence-electron chi connectivity index (χ2n) is 4.63. The highest BCUT2D eigenvalue weighted by Gasteiger charge is 2.26. The van der Waals surface area contributed by atoms with Crippen molar-refractivity contribution >= 4 is 45.7 Å². The van der Waals surface area contributed by atoms with Gasteiger partial charge in [-0.2, -0.15) is 0 Å². The molecule has 21 heavy (non-hydrogen) atoms. The van der Waals surface area contributed by atoms with Crippen LogP contribution in [0.4, 0.5) is 5.69 Å². The van der Waals surface area contributed by atoms with Crippen LogP contribution >= 0.6 is 34.2 Å². The number of nitrogens with zero attached hydrogens (tertiary/aromatic N) is 3. The predicted molar refractivity (Wildman–Crippen MR) is 91.5 cm³/mol. The van der Waals surface area contributed by atoms with E-state index in [1.807, 2.05) is 12.1 Å². The summed E-state index contributed by atoms with van der Waals surface area (Å²) in [6.07, 6.45) is 3.34. The zero-order valence-corrected chi connectivity index (χ0v) is 14.1. The quantitative estimate of drug-likeness (QED) is 0.567. The Kier molecular flexibility index (Phi) is 4.94. The second-order valence-corrected chi connectivity index (χ2v) is 6.09. The number of hydrogen-bond acceptors (Lipinski definition) is 6. The Balaban J connectivity index is 1.79. The van der Waals surface area contributed by atoms with Gasteiger partial charge in [0, 0.05) is 31.2 Å². The van der Waals surface area contributed by atoms with Gasteiger partial charge in [-0.3, -0.25) is 9.88 Å². The van der Waals surface area contributed by atoms with Crippen molar-refractivity contribution < 1.29 is 4.74 Å². The average Bonchev–Trinajstić information content (AvgIpc) is 2.53. The van der Waals surface area contributed by atoms with Crippen molar-refractivity contribution in [2.24, 2.45) is 4.99 Å². The fourth-order valence-corrected chi connectivity index (χ4v) is 2.83. The van der Waals surface area contributed by atoms with Crippen LogP contribution in [0.15, 0.2) is 38.3 Å². The zero-order valence-electron chi connectivity index (χ0n) is 11.2. The van der Waals surface area contributed by atoms with E-state index in [2.05, 4.69) is 48.1 Å². The van der Waals surface area contributed by atoms with E-state index in [9.17, 15) is 0 Å². The van der Waals surface area contributed by atoms with Crippen molar-refractivity contribution in [3.05, 3.63) is 33.3 Å². The third-order valence-electron chi connectivity index (χ3n) is 3.24. The molecule has 3 rings (SSSR count). The zero-order chi connectivity index (χ0) is 14.7. The summed E-state index contributed by atoms with van der Waals surface area (Å²) in [6.45, 7) is 3.17. The molecule has 1 saturated heterocycles. The fraction of sp³-hybridized carbons (Fsp3) is 0.385. The molecule has 2 aliphatic rings. The number of halogens is 2. The topological polar surface area (TPSA) is 61.8 Å². The molecule has 3 heterocycles. The highest BCUT2D eigenvalue weighted by atomic mass is 127. The van der Waals surface area contributed by atoms with E-state index in [1.54, 1.807) is 12.4 Å². The molecule has 1 fully saturated rings. The Bertz CT molecular complexity index is 559. The summed E-state index contributed by atoms with van der Waals surface area (Å²) in [6, 6.07) is 3.76. The van der Waals surface area contributed by atoms with E-state index in [-0.39, 0.29) is 6.29 Å². The lowest BCUT2D eigenvalue weighted by molar-refractivity contribution is 0.0136. The summed E-state index contributed by atoms with van der Waals surface area (Å²) in [7, 11) is 0. The van der Waals surface area contributed by atoms with Crippen LogP contribution in [0.2, 0.25) is 0 Å². The maximum absolute atomic E-state index is 6.34. The average molecular weight is 420 g/mol. The number of aromatic nitrogens is 1. The van der Waals surface area contributed by atoms with Crippen molar-refractivity contribution in [3.63, 3.8) is 0 Å². The number of ether oxygens (including phenoxy) is 1. The minimum Gasteiger partial charge on any atom is -0.379 e. The lowest BCUT2D eigenvalue weighted by Gasteiger charge is -2.35. The molecule has 0 saturated carbocycles. The van der Waals surface area contributed by atoms with Crippen LogP contribution in [-0.2, 0) is 4.74 Å². The van der Waals surface area contributed by atoms with Crippen LogP contribution in [0.3, 0.4) is 0 Å². The van der Waals surface area contributed by atoms with Gasteiger partial charge in [0.25, 0.3) is 0 Å². The van der Waals surface area contributed by atoms with Crippen molar-refractivity contribution in [2.45, 2.75) is 6.29 Å². The van der Waals surface area contributed by atoms with Crippen LogP contribution < -0.4 is 10.6 Å². The van der Waals surface area contributed by atoms with E-state index in [0.717, 1.165) is 35.7 Å². The Morgan fingerprint density at radius 1 is 1.33 bits per heavy atom. The molecule has 0 bridgehead atoms. The number of anilines is 1. The molecular formula is C13H15ClIN5O. The van der Waals surface area contributed by atoms with E-state index < -0.39 is 0 Å². The molecule has 2 aliphatic heterocycles. The van der Waals surface area contributed by atoms with Crippen molar-refractivity contribution in [2.75, 3.05) is 31.6 Å². The van der Waals surface area contributed by atoms with Gasteiger partial charge in [-0.1, -0.05) is 11.6 Å². The summed E-state index contributed by atoms with van der Waals surface area (Å²) < 4.78 is 6.27. The number of hydrogen-bond donors (Lipinski definition) is 2. The van der Waals surface area contributed by atoms with E-state index >= 15 is 0 Å². The number of amidine groups is 1. The minimum absolute atomic E-state index is 0.118. The Labute approximate surface area is 141 Å². The highest BCUT2D eigenvalue weighted by molar-refractivity contribution is 14.1. The van der Waals surface area contributed by atoms with Crippen LogP contribution in [0.25, 0.3) is 0 Å². The van der Waals surface area contributed by atoms with Crippen LogP contribution in [0.1, 0.15) is 0 Å². The highest BCUT2D eigenvalue weighted by Crippen LogP contribution is 2.23. The number of pyridine rings is 1. The van der Waals surface area contributed by atoms with Gasteiger partial charge in [0.05, 0.1) is 16.9 Å². The molecule has 1 unspecified atom stereocenters. The molecule has 0 radical (unpaired) electrons. The molecule has 6 nitrogen and oxygen atoms in total. The molecule has 2 N–H and O–H groups in total. The van der Waals surface area contributed by atoms with Gasteiger partial charge in [-0.25, -0.2) is 4.99 Å². The first-order valence-electron chi connectivity index (χ1n) is 6.63. The molecule has 112 valence electrons. The summed E-state index contributed by atoms with van der Waals surface area (Å²) in [5.41, 5.74) is 0.911. The summed E-state index contributed by atoms with van der Waals surface area (Å²) in [5.74, 6) is 0.669. The van der Waals surface area contributed by atoms with E-state index in [0.29, 0.717) is 10.9 Å². The fourth-order valence-electron chi connectivity index (χ4n) is 2.15. The van der Waals surface area contributed by atoms with Gasteiger partial charge in [0.2, 0.25) is 0 Å². The van der Waals surface area contributed by atoms with Gasteiger partial charge < -0.3 is 15.4 Å². The largest absolute Gasteiger partial charge is 0.379 e. The number of rotatable bonds is 2. The Morgan fingerprint density at radius 2 is 2.05 bits per heavy atom. The first-order valence-corrected chi connectivity index (χ1v) is 8.08. The lowest BCUT2D eigenvalue weighted by Crippen LogP contribution is -2.51. The van der Waals surface area contributed by atoms with Crippen molar-refractivity contribution in [1.29, 1.82) is 0 Å². The van der Waals surface area contributed by atoms with Gasteiger partial charge in [0.15, 0.2) is 12.1 Å². The third kappa shape index (κ3) is 3.65. The normalized spacial score (nSPS) is 23.5. The molecule has 0 amide bonds. The second kappa shape index (κ2) is 6.91. The first kappa shape index (κ1) is 15.0. The SMILES string of the molecule is ClC1=C(I)NC(N2CCOCC2)N=C1Nc1ccncc1. The summed E-state index contributed by atoms with van der Waals surface area (Å²) in [5, 5.41) is 7.16. The van der Waals surface area contributed by atoms with Crippen LogP contribution in [0.5, 0.6) is 0 Å². The molecular weight excluding hydrogens is 405 g/mol. The van der Waals surface area contributed by atoms with Crippen molar-refractivity contribution in [1.82, 2.24) is 15.2 Å². The molecule has 1 atom stereocenters. The molecule has 1 aromatic rings. The lowest BCUT2D eigenvalue weighted by atomic mass is 10.3. The smallest absolute Gasteiger partial charge is 0.179 e. The molecule has 8 heteroatoms. The standard InChI is InChI=1S/C13H15ClIN5O/c14-10-11(15)18-13(20-5-7-21-8-6-20)19-12(10)17-9-1-3-16-4-2-9/h1-4,13,18H,5-8H2,(H,16,17,19). The third-order valence-corrected chi connectivity index (χ3v) is 4.78. The number of morpholine rings is 1. The van der Waals surface area contributed by atoms with Gasteiger partial charge in [-0.15, -0.1) is 0 Å². The number of aliphatic imine (C=N–C) groups is 1. The molecule has 1 aromatic heterocycles. The van der Waals surface area contributed by atoms with E-state index in [1.165, 1.54) is 0 Å². The van der Waals surface area contributed by atoms with Crippen LogP contribution in [0, 0.1) is 0 Å². The van der Waals surface area contributed by atoms with Gasteiger partial charge in [-0.05, 0) is 34.7 Å². The minimum atomic E-state index is -0.118. The summed E-state index contributed by atoms with van der Waals surface area (Å²) in [4.78, 5) is 10.9. The molecule has 0 spiro atoms. The predicted octanol–water partition coefficient (Wildman–Crippen LogP) is 1.95. The number of nitrogens with one attached hydrogen (secondary N) is 2.